The average molecular weight is 285 g/mol. The van der Waals surface area contributed by atoms with Crippen molar-refractivity contribution in [2.75, 3.05) is 5.73 Å². The summed E-state index contributed by atoms with van der Waals surface area (Å²) in [6, 6.07) is 7.92. The van der Waals surface area contributed by atoms with Crippen molar-refractivity contribution in [1.29, 1.82) is 0 Å². The van der Waals surface area contributed by atoms with E-state index >= 15 is 0 Å². The summed E-state index contributed by atoms with van der Waals surface area (Å²) in [6.07, 6.45) is 2.06. The zero-order valence-electron chi connectivity index (χ0n) is 12.3. The Morgan fingerprint density at radius 2 is 2.10 bits per heavy atom. The number of benzene rings is 1. The number of carbonyl (C=O) groups excluding carboxylic acids is 1. The first-order valence-corrected chi connectivity index (χ1v) is 7.14. The van der Waals surface area contributed by atoms with Crippen LogP contribution in [0.25, 0.3) is 0 Å². The second-order valence-corrected chi connectivity index (χ2v) is 5.51. The summed E-state index contributed by atoms with van der Waals surface area (Å²) in [5.74, 6) is 0.763. The Kier molecular flexibility index (Phi) is 3.41. The maximum Gasteiger partial charge on any atom is 0.292 e. The van der Waals surface area contributed by atoms with Crippen LogP contribution in [0.2, 0.25) is 0 Å². The molecule has 3 rings (SSSR count). The molecule has 2 N–H and O–H groups in total. The summed E-state index contributed by atoms with van der Waals surface area (Å²) in [4.78, 5) is 18.8. The van der Waals surface area contributed by atoms with Crippen LogP contribution in [-0.2, 0) is 6.54 Å². The topological polar surface area (TPSA) is 72.4 Å². The molecule has 2 aromatic rings. The highest BCUT2D eigenvalue weighted by Crippen LogP contribution is 2.31. The van der Waals surface area contributed by atoms with Gasteiger partial charge in [0.05, 0.1) is 5.69 Å². The van der Waals surface area contributed by atoms with Gasteiger partial charge in [-0.3, -0.25) is 4.79 Å². The van der Waals surface area contributed by atoms with Crippen LogP contribution < -0.4 is 5.73 Å². The standard InChI is InChI=1S/C16H19N3O2/c1-10-15(21-11(2)18-10)16(20)19(13-7-8-13)9-12-5-3-4-6-14(12)17/h3-6,13H,7-9,17H2,1-2H3. The molecule has 5 nitrogen and oxygen atoms in total. The van der Waals surface area contributed by atoms with Crippen LogP contribution in [0.3, 0.4) is 0 Å². The van der Waals surface area contributed by atoms with Crippen molar-refractivity contribution in [3.8, 4) is 0 Å². The molecule has 1 aromatic heterocycles. The van der Waals surface area contributed by atoms with E-state index in [1.807, 2.05) is 29.2 Å². The molecule has 0 spiro atoms. The van der Waals surface area contributed by atoms with Gasteiger partial charge in [-0.15, -0.1) is 0 Å². The second-order valence-electron chi connectivity index (χ2n) is 5.51. The molecule has 0 radical (unpaired) electrons. The lowest BCUT2D eigenvalue weighted by molar-refractivity contribution is 0.0695. The van der Waals surface area contributed by atoms with Crippen LogP contribution in [0.4, 0.5) is 5.69 Å². The number of aryl methyl sites for hydroxylation is 2. The molecule has 1 amide bonds. The van der Waals surface area contributed by atoms with E-state index in [4.69, 9.17) is 10.2 Å². The van der Waals surface area contributed by atoms with Crippen molar-refractivity contribution >= 4 is 11.6 Å². The number of nitrogens with zero attached hydrogens (tertiary/aromatic N) is 2. The number of anilines is 1. The van der Waals surface area contributed by atoms with Gasteiger partial charge in [-0.1, -0.05) is 18.2 Å². The highest BCUT2D eigenvalue weighted by atomic mass is 16.4. The molecular formula is C16H19N3O2. The highest BCUT2D eigenvalue weighted by molar-refractivity contribution is 5.93. The van der Waals surface area contributed by atoms with E-state index in [-0.39, 0.29) is 11.9 Å². The predicted octanol–water partition coefficient (Wildman–Crippen LogP) is 2.68. The molecule has 1 fully saturated rings. The molecule has 1 saturated carbocycles. The van der Waals surface area contributed by atoms with Crippen molar-refractivity contribution < 1.29 is 9.21 Å². The lowest BCUT2D eigenvalue weighted by Crippen LogP contribution is -2.33. The van der Waals surface area contributed by atoms with Crippen LogP contribution >= 0.6 is 0 Å². The van der Waals surface area contributed by atoms with Gasteiger partial charge in [-0.05, 0) is 31.4 Å². The Hall–Kier alpha value is -2.30. The third-order valence-corrected chi connectivity index (χ3v) is 3.74. The van der Waals surface area contributed by atoms with Crippen molar-refractivity contribution in [3.63, 3.8) is 0 Å². The maximum absolute atomic E-state index is 12.7. The maximum atomic E-state index is 12.7. The van der Waals surface area contributed by atoms with Crippen LogP contribution in [-0.4, -0.2) is 21.8 Å². The number of nitrogens with two attached hydrogens (primary N) is 1. The first kappa shape index (κ1) is 13.7. The zero-order chi connectivity index (χ0) is 15.0. The smallest absolute Gasteiger partial charge is 0.292 e. The fourth-order valence-corrected chi connectivity index (χ4v) is 2.47. The Morgan fingerprint density at radius 3 is 2.67 bits per heavy atom. The van der Waals surface area contributed by atoms with Gasteiger partial charge < -0.3 is 15.1 Å². The normalized spacial score (nSPS) is 14.2. The van der Waals surface area contributed by atoms with Crippen molar-refractivity contribution in [3.05, 3.63) is 47.2 Å². The van der Waals surface area contributed by atoms with Crippen molar-refractivity contribution in [2.45, 2.75) is 39.3 Å². The second kappa shape index (κ2) is 5.24. The van der Waals surface area contributed by atoms with Crippen LogP contribution in [0.1, 0.15) is 40.5 Å². The molecule has 5 heteroatoms. The number of rotatable bonds is 4. The Balaban J connectivity index is 1.87. The van der Waals surface area contributed by atoms with Gasteiger partial charge in [0.25, 0.3) is 5.91 Å². The van der Waals surface area contributed by atoms with E-state index in [0.717, 1.165) is 18.4 Å². The number of nitrogen functional groups attached to an aromatic ring is 1. The van der Waals surface area contributed by atoms with Crippen molar-refractivity contribution in [1.82, 2.24) is 9.88 Å². The highest BCUT2D eigenvalue weighted by Gasteiger charge is 2.35. The molecule has 110 valence electrons. The monoisotopic (exact) mass is 285 g/mol. The quantitative estimate of drug-likeness (QED) is 0.877. The van der Waals surface area contributed by atoms with Crippen LogP contribution in [0, 0.1) is 13.8 Å². The predicted molar refractivity (Wildman–Crippen MR) is 79.7 cm³/mol. The minimum Gasteiger partial charge on any atom is -0.436 e. The average Bonchev–Trinajstić information content (AvgIpc) is 3.22. The van der Waals surface area contributed by atoms with Crippen LogP contribution in [0.15, 0.2) is 28.7 Å². The van der Waals surface area contributed by atoms with E-state index in [1.165, 1.54) is 0 Å². The Morgan fingerprint density at radius 1 is 1.38 bits per heavy atom. The number of hydrogen-bond acceptors (Lipinski definition) is 4. The fourth-order valence-electron chi connectivity index (χ4n) is 2.47. The van der Waals surface area contributed by atoms with E-state index in [2.05, 4.69) is 4.98 Å². The first-order valence-electron chi connectivity index (χ1n) is 7.14. The lowest BCUT2D eigenvalue weighted by Gasteiger charge is -2.22. The molecule has 1 aromatic carbocycles. The van der Waals surface area contributed by atoms with Gasteiger partial charge in [0.2, 0.25) is 5.76 Å². The molecule has 1 aliphatic rings. The Bertz CT molecular complexity index is 674. The zero-order valence-corrected chi connectivity index (χ0v) is 12.3. The van der Waals surface area contributed by atoms with Crippen LogP contribution in [0.5, 0.6) is 0 Å². The third kappa shape index (κ3) is 2.77. The van der Waals surface area contributed by atoms with E-state index < -0.39 is 0 Å². The summed E-state index contributed by atoms with van der Waals surface area (Å²) in [6.45, 7) is 4.06. The molecule has 0 saturated heterocycles. The number of amides is 1. The van der Waals surface area contributed by atoms with Crippen molar-refractivity contribution in [2.24, 2.45) is 0 Å². The van der Waals surface area contributed by atoms with Gasteiger partial charge in [-0.25, -0.2) is 4.98 Å². The molecule has 0 unspecified atom stereocenters. The van der Waals surface area contributed by atoms with Gasteiger partial charge >= 0.3 is 0 Å². The SMILES string of the molecule is Cc1nc(C)c(C(=O)N(Cc2ccccc2N)C2CC2)o1. The molecule has 0 aliphatic heterocycles. The summed E-state index contributed by atoms with van der Waals surface area (Å²) >= 11 is 0. The minimum absolute atomic E-state index is 0.0983. The lowest BCUT2D eigenvalue weighted by atomic mass is 10.1. The van der Waals surface area contributed by atoms with Gasteiger partial charge in [0.15, 0.2) is 5.89 Å². The van der Waals surface area contributed by atoms with E-state index in [1.54, 1.807) is 13.8 Å². The first-order chi connectivity index (χ1) is 10.1. The summed E-state index contributed by atoms with van der Waals surface area (Å²) in [5.41, 5.74) is 8.31. The van der Waals surface area contributed by atoms with E-state index in [9.17, 15) is 4.79 Å². The molecule has 0 atom stereocenters. The number of oxazole rings is 1. The summed E-state index contributed by atoms with van der Waals surface area (Å²) in [5, 5.41) is 0. The minimum atomic E-state index is -0.0983. The Labute approximate surface area is 123 Å². The molecule has 0 bridgehead atoms. The number of hydrogen-bond donors (Lipinski definition) is 1. The fraction of sp³-hybridized carbons (Fsp3) is 0.375. The number of aromatic nitrogens is 1. The third-order valence-electron chi connectivity index (χ3n) is 3.74. The molecule has 21 heavy (non-hydrogen) atoms. The summed E-state index contributed by atoms with van der Waals surface area (Å²) < 4.78 is 5.47. The largest absolute Gasteiger partial charge is 0.436 e. The number of carbonyl (C=O) groups is 1. The molecule has 1 heterocycles. The van der Waals surface area contributed by atoms with Gasteiger partial charge in [0, 0.05) is 25.2 Å². The van der Waals surface area contributed by atoms with Gasteiger partial charge in [0.1, 0.15) is 0 Å². The molecule has 1 aliphatic carbocycles. The molecular weight excluding hydrogens is 266 g/mol. The number of para-hydroxylation sites is 1. The summed E-state index contributed by atoms with van der Waals surface area (Å²) in [7, 11) is 0. The van der Waals surface area contributed by atoms with Gasteiger partial charge in [-0.2, -0.15) is 0 Å². The van der Waals surface area contributed by atoms with E-state index in [0.29, 0.717) is 29.6 Å².